The average Bonchev–Trinajstić information content (AvgIpc) is 3.27. The van der Waals surface area contributed by atoms with E-state index in [9.17, 15) is 15.3 Å². The maximum absolute atomic E-state index is 10.3. The fourth-order valence-corrected chi connectivity index (χ4v) is 2.97. The maximum Gasteiger partial charge on any atom is 0.179 e. The van der Waals surface area contributed by atoms with Crippen molar-refractivity contribution in [2.75, 3.05) is 6.61 Å². The molecule has 4 rings (SSSR count). The Morgan fingerprint density at radius 2 is 1.91 bits per heavy atom. The Morgan fingerprint density at radius 3 is 2.61 bits per heavy atom. The Kier molecular flexibility index (Phi) is 3.42. The Balaban J connectivity index is 1.90. The second-order valence-corrected chi connectivity index (χ2v) is 5.50. The van der Waals surface area contributed by atoms with Crippen LogP contribution in [-0.4, -0.2) is 49.8 Å². The monoisotopic (exact) mass is 316 g/mol. The van der Waals surface area contributed by atoms with Crippen LogP contribution < -0.4 is 0 Å². The summed E-state index contributed by atoms with van der Waals surface area (Å²) >= 11 is 0. The van der Waals surface area contributed by atoms with E-state index in [1.807, 2.05) is 24.3 Å². The molecule has 0 amide bonds. The van der Waals surface area contributed by atoms with Gasteiger partial charge in [-0.15, -0.1) is 0 Å². The van der Waals surface area contributed by atoms with Gasteiger partial charge < -0.3 is 24.5 Å². The Hall–Kier alpha value is -2.19. The van der Waals surface area contributed by atoms with Gasteiger partial charge in [0, 0.05) is 0 Å². The minimum Gasteiger partial charge on any atom is -0.461 e. The quantitative estimate of drug-likeness (QED) is 0.664. The predicted octanol–water partition coefficient (Wildman–Crippen LogP) is 0.908. The maximum atomic E-state index is 10.3. The molecule has 23 heavy (non-hydrogen) atoms. The van der Waals surface area contributed by atoms with Crippen LogP contribution in [0.3, 0.4) is 0 Å². The first-order valence-electron chi connectivity index (χ1n) is 7.34. The molecule has 0 spiro atoms. The summed E-state index contributed by atoms with van der Waals surface area (Å²) in [4.78, 5) is 4.54. The van der Waals surface area contributed by atoms with Crippen LogP contribution in [0, 0.1) is 0 Å². The minimum atomic E-state index is -1.18. The van der Waals surface area contributed by atoms with Gasteiger partial charge in [0.2, 0.25) is 0 Å². The zero-order valence-corrected chi connectivity index (χ0v) is 12.1. The van der Waals surface area contributed by atoms with E-state index in [2.05, 4.69) is 4.98 Å². The molecule has 1 aliphatic rings. The van der Waals surface area contributed by atoms with Gasteiger partial charge in [0.1, 0.15) is 18.3 Å². The summed E-state index contributed by atoms with van der Waals surface area (Å²) in [5, 5.41) is 29.7. The van der Waals surface area contributed by atoms with Gasteiger partial charge in [-0.1, -0.05) is 12.1 Å². The number of benzene rings is 1. The number of aliphatic hydroxyl groups is 3. The topological polar surface area (TPSA) is 101 Å². The van der Waals surface area contributed by atoms with Crippen LogP contribution in [0.5, 0.6) is 0 Å². The summed E-state index contributed by atoms with van der Waals surface area (Å²) in [6, 6.07) is 10.9. The number of fused-ring (bicyclic) bond motifs is 1. The fraction of sp³-hybridized carbons (Fsp3) is 0.312. The van der Waals surface area contributed by atoms with Crippen LogP contribution in [0.25, 0.3) is 22.6 Å². The molecule has 7 heteroatoms. The molecular weight excluding hydrogens is 300 g/mol. The molecule has 1 saturated heterocycles. The van der Waals surface area contributed by atoms with Crippen molar-refractivity contribution in [3.8, 4) is 11.6 Å². The molecule has 2 aromatic heterocycles. The van der Waals surface area contributed by atoms with Crippen molar-refractivity contribution in [3.05, 3.63) is 42.7 Å². The van der Waals surface area contributed by atoms with E-state index in [4.69, 9.17) is 9.15 Å². The number of ether oxygens (including phenoxy) is 1. The SMILES string of the molecule is OC[C@@H]1O[C@H](n2c(-c3ccco3)nc3ccccc32)[C@@H](O)[C@H]1O. The molecule has 120 valence electrons. The smallest absolute Gasteiger partial charge is 0.179 e. The number of rotatable bonds is 3. The van der Waals surface area contributed by atoms with E-state index >= 15 is 0 Å². The highest BCUT2D eigenvalue weighted by atomic mass is 16.6. The summed E-state index contributed by atoms with van der Waals surface area (Å²) in [6.07, 6.45) is -2.53. The lowest BCUT2D eigenvalue weighted by Crippen LogP contribution is -2.33. The number of aromatic nitrogens is 2. The van der Waals surface area contributed by atoms with Gasteiger partial charge >= 0.3 is 0 Å². The molecule has 0 saturated carbocycles. The van der Waals surface area contributed by atoms with E-state index in [1.54, 1.807) is 16.7 Å². The Labute approximate surface area is 131 Å². The number of imidazole rings is 1. The molecular formula is C16H16N2O5. The molecule has 3 heterocycles. The number of hydrogen-bond acceptors (Lipinski definition) is 6. The summed E-state index contributed by atoms with van der Waals surface area (Å²) in [5.41, 5.74) is 1.46. The highest BCUT2D eigenvalue weighted by Crippen LogP contribution is 2.36. The average molecular weight is 316 g/mol. The van der Waals surface area contributed by atoms with Crippen LogP contribution in [0.2, 0.25) is 0 Å². The van der Waals surface area contributed by atoms with Gasteiger partial charge in [0.05, 0.1) is 23.9 Å². The molecule has 0 unspecified atom stereocenters. The van der Waals surface area contributed by atoms with Crippen molar-refractivity contribution < 1.29 is 24.5 Å². The largest absolute Gasteiger partial charge is 0.461 e. The first-order valence-corrected chi connectivity index (χ1v) is 7.34. The summed E-state index contributed by atoms with van der Waals surface area (Å²) in [5.74, 6) is 1.02. The van der Waals surface area contributed by atoms with Crippen LogP contribution >= 0.6 is 0 Å². The number of hydrogen-bond donors (Lipinski definition) is 3. The van der Waals surface area contributed by atoms with E-state index in [1.165, 1.54) is 6.26 Å². The number of aliphatic hydroxyl groups excluding tert-OH is 3. The number of furan rings is 1. The van der Waals surface area contributed by atoms with Crippen LogP contribution in [0.1, 0.15) is 6.23 Å². The number of para-hydroxylation sites is 2. The lowest BCUT2D eigenvalue weighted by molar-refractivity contribution is -0.0502. The van der Waals surface area contributed by atoms with E-state index < -0.39 is 24.5 Å². The minimum absolute atomic E-state index is 0.378. The molecule has 3 N–H and O–H groups in total. The molecule has 0 bridgehead atoms. The lowest BCUT2D eigenvalue weighted by Gasteiger charge is -2.19. The molecule has 3 aromatic rings. The van der Waals surface area contributed by atoms with Gasteiger partial charge in [-0.25, -0.2) is 4.98 Å². The Bertz CT molecular complexity index is 813. The highest BCUT2D eigenvalue weighted by Gasteiger charge is 2.44. The van der Waals surface area contributed by atoms with E-state index in [0.717, 1.165) is 11.0 Å². The zero-order valence-electron chi connectivity index (χ0n) is 12.1. The fourth-order valence-electron chi connectivity index (χ4n) is 2.97. The molecule has 1 fully saturated rings. The third-order valence-electron chi connectivity index (χ3n) is 4.11. The van der Waals surface area contributed by atoms with E-state index in [0.29, 0.717) is 11.6 Å². The molecule has 7 nitrogen and oxygen atoms in total. The van der Waals surface area contributed by atoms with Gasteiger partial charge in [-0.05, 0) is 24.3 Å². The second kappa shape index (κ2) is 5.47. The normalized spacial score (nSPS) is 27.8. The van der Waals surface area contributed by atoms with Crippen molar-refractivity contribution >= 4 is 11.0 Å². The Morgan fingerprint density at radius 1 is 1.09 bits per heavy atom. The van der Waals surface area contributed by atoms with Gasteiger partial charge in [0.25, 0.3) is 0 Å². The summed E-state index contributed by atoms with van der Waals surface area (Å²) in [7, 11) is 0. The van der Waals surface area contributed by atoms with Crippen molar-refractivity contribution in [3.63, 3.8) is 0 Å². The van der Waals surface area contributed by atoms with E-state index in [-0.39, 0.29) is 6.61 Å². The summed E-state index contributed by atoms with van der Waals surface area (Å²) < 4.78 is 12.8. The zero-order chi connectivity index (χ0) is 16.0. The van der Waals surface area contributed by atoms with Crippen LogP contribution in [-0.2, 0) is 4.74 Å². The van der Waals surface area contributed by atoms with Crippen LogP contribution in [0.4, 0.5) is 0 Å². The third-order valence-corrected chi connectivity index (χ3v) is 4.11. The van der Waals surface area contributed by atoms with Crippen molar-refractivity contribution in [1.29, 1.82) is 0 Å². The van der Waals surface area contributed by atoms with Crippen LogP contribution in [0.15, 0.2) is 47.1 Å². The first kappa shape index (κ1) is 14.4. The van der Waals surface area contributed by atoms with Gasteiger partial charge in [-0.2, -0.15) is 0 Å². The lowest BCUT2D eigenvalue weighted by atomic mass is 10.1. The van der Waals surface area contributed by atoms with Crippen molar-refractivity contribution in [1.82, 2.24) is 9.55 Å². The van der Waals surface area contributed by atoms with Gasteiger partial charge in [0.15, 0.2) is 17.8 Å². The third kappa shape index (κ3) is 2.17. The predicted molar refractivity (Wildman–Crippen MR) is 80.4 cm³/mol. The molecule has 0 aliphatic carbocycles. The molecule has 1 aromatic carbocycles. The van der Waals surface area contributed by atoms with Crippen molar-refractivity contribution in [2.24, 2.45) is 0 Å². The van der Waals surface area contributed by atoms with Gasteiger partial charge in [-0.3, -0.25) is 4.57 Å². The number of nitrogens with zero attached hydrogens (tertiary/aromatic N) is 2. The molecule has 1 aliphatic heterocycles. The molecule has 4 atom stereocenters. The summed E-state index contributed by atoms with van der Waals surface area (Å²) in [6.45, 7) is -0.378. The standard InChI is InChI=1S/C16H16N2O5/c19-8-12-13(20)14(21)16(23-12)18-10-5-2-1-4-9(10)17-15(18)11-6-3-7-22-11/h1-7,12-14,16,19-21H,8H2/t12-,13-,14-,16-/m0/s1. The van der Waals surface area contributed by atoms with Crippen molar-refractivity contribution in [2.45, 2.75) is 24.5 Å². The molecule has 0 radical (unpaired) electrons. The first-order chi connectivity index (χ1) is 11.2. The second-order valence-electron chi connectivity index (χ2n) is 5.50. The highest BCUT2D eigenvalue weighted by molar-refractivity contribution is 5.80.